The summed E-state index contributed by atoms with van der Waals surface area (Å²) in [7, 11) is 2.12. The third-order valence-electron chi connectivity index (χ3n) is 3.06. The number of morpholine rings is 1. The Bertz CT molecular complexity index is 179. The molecule has 13 heavy (non-hydrogen) atoms. The summed E-state index contributed by atoms with van der Waals surface area (Å²) in [5.41, 5.74) is 0. The molecule has 0 amide bonds. The molecular formula is C9H17FN2O. The first kappa shape index (κ1) is 9.37. The third kappa shape index (κ3) is 1.85. The zero-order chi connectivity index (χ0) is 9.26. The molecule has 2 rings (SSSR count). The van der Waals surface area contributed by atoms with Crippen LogP contribution in [-0.2, 0) is 4.74 Å². The smallest absolute Gasteiger partial charge is 0.102 e. The van der Waals surface area contributed by atoms with Gasteiger partial charge in [0, 0.05) is 32.2 Å². The highest BCUT2D eigenvalue weighted by molar-refractivity contribution is 4.93. The van der Waals surface area contributed by atoms with E-state index in [4.69, 9.17) is 4.74 Å². The number of nitrogens with zero attached hydrogens (tertiary/aromatic N) is 2. The molecule has 2 atom stereocenters. The Labute approximate surface area is 78.4 Å². The van der Waals surface area contributed by atoms with Crippen molar-refractivity contribution in [3.8, 4) is 0 Å². The standard InChI is InChI=1S/C9H17FN2O/c1-11-4-5-13-9-7-12(3-2-10)6-8(9)11/h8-9H,2-7H2,1H3/t8-,9-/m1/s1. The minimum Gasteiger partial charge on any atom is -0.374 e. The normalized spacial score (nSPS) is 36.5. The van der Waals surface area contributed by atoms with Gasteiger partial charge in [-0.05, 0) is 7.05 Å². The maximum Gasteiger partial charge on any atom is 0.102 e. The molecule has 2 fully saturated rings. The molecule has 0 aromatic rings. The van der Waals surface area contributed by atoms with E-state index >= 15 is 0 Å². The van der Waals surface area contributed by atoms with Crippen LogP contribution in [0.5, 0.6) is 0 Å². The van der Waals surface area contributed by atoms with Gasteiger partial charge in [-0.25, -0.2) is 4.39 Å². The summed E-state index contributed by atoms with van der Waals surface area (Å²) in [4.78, 5) is 4.48. The molecule has 2 saturated heterocycles. The predicted octanol–water partition coefficient (Wildman–Crippen LogP) is -0.0293. The molecule has 0 unspecified atom stereocenters. The second kappa shape index (κ2) is 3.90. The lowest BCUT2D eigenvalue weighted by atomic mass is 10.1. The number of fused-ring (bicyclic) bond motifs is 1. The van der Waals surface area contributed by atoms with E-state index in [0.29, 0.717) is 18.7 Å². The molecule has 0 saturated carbocycles. The van der Waals surface area contributed by atoms with Crippen LogP contribution in [0.2, 0.25) is 0 Å². The Balaban J connectivity index is 1.92. The van der Waals surface area contributed by atoms with Crippen molar-refractivity contribution in [1.29, 1.82) is 0 Å². The summed E-state index contributed by atoms with van der Waals surface area (Å²) in [6, 6.07) is 0.486. The van der Waals surface area contributed by atoms with Gasteiger partial charge in [-0.3, -0.25) is 9.80 Å². The molecule has 0 aliphatic carbocycles. The monoisotopic (exact) mass is 188 g/mol. The Hall–Kier alpha value is -0.190. The first-order valence-corrected chi connectivity index (χ1v) is 4.91. The Morgan fingerprint density at radius 2 is 2.31 bits per heavy atom. The summed E-state index contributed by atoms with van der Waals surface area (Å²) in [5, 5.41) is 0. The van der Waals surface area contributed by atoms with Crippen LogP contribution in [0.3, 0.4) is 0 Å². The maximum absolute atomic E-state index is 12.1. The number of likely N-dealkylation sites (tertiary alicyclic amines) is 1. The van der Waals surface area contributed by atoms with Crippen molar-refractivity contribution in [2.75, 3.05) is 46.5 Å². The fraction of sp³-hybridized carbons (Fsp3) is 1.00. The van der Waals surface area contributed by atoms with Crippen LogP contribution in [0.15, 0.2) is 0 Å². The lowest BCUT2D eigenvalue weighted by molar-refractivity contribution is -0.0369. The maximum atomic E-state index is 12.1. The highest BCUT2D eigenvalue weighted by atomic mass is 19.1. The molecule has 0 bridgehead atoms. The van der Waals surface area contributed by atoms with Crippen LogP contribution in [0.1, 0.15) is 0 Å². The SMILES string of the molecule is CN1CCO[C@@H]2CN(CCF)C[C@H]21. The van der Waals surface area contributed by atoms with E-state index in [2.05, 4.69) is 16.8 Å². The molecular weight excluding hydrogens is 171 g/mol. The van der Waals surface area contributed by atoms with Gasteiger partial charge in [-0.2, -0.15) is 0 Å². The minimum atomic E-state index is -0.247. The zero-order valence-electron chi connectivity index (χ0n) is 8.08. The lowest BCUT2D eigenvalue weighted by Gasteiger charge is -2.33. The van der Waals surface area contributed by atoms with Crippen molar-refractivity contribution in [3.05, 3.63) is 0 Å². The third-order valence-corrected chi connectivity index (χ3v) is 3.06. The number of halogens is 1. The van der Waals surface area contributed by atoms with Gasteiger partial charge in [0.25, 0.3) is 0 Å². The Morgan fingerprint density at radius 1 is 1.46 bits per heavy atom. The van der Waals surface area contributed by atoms with Crippen molar-refractivity contribution >= 4 is 0 Å². The average molecular weight is 188 g/mol. The van der Waals surface area contributed by atoms with Crippen molar-refractivity contribution < 1.29 is 9.13 Å². The molecule has 0 aromatic heterocycles. The first-order valence-electron chi connectivity index (χ1n) is 4.91. The van der Waals surface area contributed by atoms with Gasteiger partial charge in [0.15, 0.2) is 0 Å². The van der Waals surface area contributed by atoms with E-state index in [9.17, 15) is 4.39 Å². The highest BCUT2D eigenvalue weighted by Gasteiger charge is 2.37. The van der Waals surface area contributed by atoms with Crippen LogP contribution in [0.4, 0.5) is 4.39 Å². The van der Waals surface area contributed by atoms with Gasteiger partial charge in [-0.1, -0.05) is 0 Å². The highest BCUT2D eigenvalue weighted by Crippen LogP contribution is 2.20. The van der Waals surface area contributed by atoms with Gasteiger partial charge in [0.1, 0.15) is 6.67 Å². The van der Waals surface area contributed by atoms with Crippen LogP contribution in [-0.4, -0.2) is 68.5 Å². The summed E-state index contributed by atoms with van der Waals surface area (Å²) in [5.74, 6) is 0. The van der Waals surface area contributed by atoms with E-state index in [1.165, 1.54) is 0 Å². The first-order chi connectivity index (χ1) is 6.31. The average Bonchev–Trinajstić information content (AvgIpc) is 2.49. The molecule has 76 valence electrons. The summed E-state index contributed by atoms with van der Waals surface area (Å²) in [6.07, 6.45) is 0.310. The molecule has 2 aliphatic rings. The molecule has 0 spiro atoms. The lowest BCUT2D eigenvalue weighted by Crippen LogP contribution is -2.48. The van der Waals surface area contributed by atoms with Crippen LogP contribution in [0.25, 0.3) is 0 Å². The van der Waals surface area contributed by atoms with E-state index in [1.807, 2.05) is 0 Å². The van der Waals surface area contributed by atoms with E-state index in [0.717, 1.165) is 26.2 Å². The number of hydrogen-bond donors (Lipinski definition) is 0. The number of likely N-dealkylation sites (N-methyl/N-ethyl adjacent to an activating group) is 1. The van der Waals surface area contributed by atoms with Gasteiger partial charge in [-0.15, -0.1) is 0 Å². The molecule has 3 nitrogen and oxygen atoms in total. The Morgan fingerprint density at radius 3 is 3.00 bits per heavy atom. The van der Waals surface area contributed by atoms with Crippen molar-refractivity contribution in [3.63, 3.8) is 0 Å². The number of ether oxygens (including phenoxy) is 1. The number of hydrogen-bond acceptors (Lipinski definition) is 3. The largest absolute Gasteiger partial charge is 0.374 e. The fourth-order valence-corrected chi connectivity index (χ4v) is 2.24. The molecule has 0 radical (unpaired) electrons. The topological polar surface area (TPSA) is 15.7 Å². The van der Waals surface area contributed by atoms with Crippen LogP contribution >= 0.6 is 0 Å². The van der Waals surface area contributed by atoms with Gasteiger partial charge in [0.05, 0.1) is 12.7 Å². The summed E-state index contributed by atoms with van der Waals surface area (Å²) < 4.78 is 17.8. The van der Waals surface area contributed by atoms with Gasteiger partial charge < -0.3 is 4.74 Å². The van der Waals surface area contributed by atoms with Gasteiger partial charge >= 0.3 is 0 Å². The van der Waals surface area contributed by atoms with Crippen molar-refractivity contribution in [1.82, 2.24) is 9.80 Å². The second-order valence-electron chi connectivity index (χ2n) is 3.91. The van der Waals surface area contributed by atoms with E-state index in [-0.39, 0.29) is 6.67 Å². The molecule has 2 heterocycles. The van der Waals surface area contributed by atoms with E-state index < -0.39 is 0 Å². The molecule has 2 aliphatic heterocycles. The minimum absolute atomic E-state index is 0.247. The van der Waals surface area contributed by atoms with Crippen molar-refractivity contribution in [2.24, 2.45) is 0 Å². The van der Waals surface area contributed by atoms with E-state index in [1.54, 1.807) is 0 Å². The van der Waals surface area contributed by atoms with Crippen LogP contribution < -0.4 is 0 Å². The van der Waals surface area contributed by atoms with Crippen molar-refractivity contribution in [2.45, 2.75) is 12.1 Å². The molecule has 0 aromatic carbocycles. The zero-order valence-corrected chi connectivity index (χ0v) is 8.08. The molecule has 0 N–H and O–H groups in total. The van der Waals surface area contributed by atoms with Gasteiger partial charge in [0.2, 0.25) is 0 Å². The second-order valence-corrected chi connectivity index (χ2v) is 3.91. The van der Waals surface area contributed by atoms with Crippen LogP contribution in [0, 0.1) is 0 Å². The quantitative estimate of drug-likeness (QED) is 0.605. The number of rotatable bonds is 2. The number of alkyl halides is 1. The molecule has 4 heteroatoms. The Kier molecular flexibility index (Phi) is 2.81. The fourth-order valence-electron chi connectivity index (χ4n) is 2.24. The summed E-state index contributed by atoms with van der Waals surface area (Å²) in [6.45, 7) is 4.00. The summed E-state index contributed by atoms with van der Waals surface area (Å²) >= 11 is 0. The predicted molar refractivity (Wildman–Crippen MR) is 48.6 cm³/mol.